The molecule has 3 aromatic carbocycles. The highest BCUT2D eigenvalue weighted by Gasteiger charge is 2.35. The minimum absolute atomic E-state index is 0.0289. The van der Waals surface area contributed by atoms with Crippen LogP contribution in [0.25, 0.3) is 10.8 Å². The van der Waals surface area contributed by atoms with E-state index in [1.54, 1.807) is 51.7 Å². The molecule has 2 unspecified atom stereocenters. The third-order valence-corrected chi connectivity index (χ3v) is 8.70. The van der Waals surface area contributed by atoms with E-state index in [0.29, 0.717) is 32.4 Å². The van der Waals surface area contributed by atoms with Crippen LogP contribution in [0.1, 0.15) is 77.5 Å². The van der Waals surface area contributed by atoms with Gasteiger partial charge >= 0.3 is 6.09 Å². The van der Waals surface area contributed by atoms with Gasteiger partial charge in [-0.3, -0.25) is 14.4 Å². The molecule has 1 fully saturated rings. The summed E-state index contributed by atoms with van der Waals surface area (Å²) < 4.78 is 7.08. The van der Waals surface area contributed by atoms with Crippen LogP contribution in [0.3, 0.4) is 0 Å². The Morgan fingerprint density at radius 1 is 0.880 bits per heavy atom. The van der Waals surface area contributed by atoms with Crippen LogP contribution in [-0.4, -0.2) is 68.5 Å². The molecule has 0 aliphatic carbocycles. The van der Waals surface area contributed by atoms with Crippen molar-refractivity contribution in [2.75, 3.05) is 18.4 Å². The normalized spacial score (nSPS) is 14.5. The highest BCUT2D eigenvalue weighted by Crippen LogP contribution is 2.28. The minimum atomic E-state index is -1.37. The van der Waals surface area contributed by atoms with E-state index in [9.17, 15) is 19.2 Å². The van der Waals surface area contributed by atoms with Gasteiger partial charge in [0, 0.05) is 19.3 Å². The largest absolute Gasteiger partial charge is 0.444 e. The van der Waals surface area contributed by atoms with Gasteiger partial charge in [-0.2, -0.15) is 0 Å². The average molecular weight is 681 g/mol. The van der Waals surface area contributed by atoms with Crippen molar-refractivity contribution < 1.29 is 23.9 Å². The monoisotopic (exact) mass is 680 g/mol. The van der Waals surface area contributed by atoms with E-state index in [1.807, 2.05) is 77.7 Å². The summed E-state index contributed by atoms with van der Waals surface area (Å²) in [5, 5.41) is 10.4. The van der Waals surface area contributed by atoms with Gasteiger partial charge in [0.15, 0.2) is 5.82 Å². The van der Waals surface area contributed by atoms with Crippen LogP contribution >= 0.6 is 0 Å². The third-order valence-electron chi connectivity index (χ3n) is 8.70. The zero-order chi connectivity index (χ0) is 35.9. The average Bonchev–Trinajstić information content (AvgIpc) is 3.77. The maximum absolute atomic E-state index is 13.9. The Bertz CT molecular complexity index is 1810. The van der Waals surface area contributed by atoms with Gasteiger partial charge in [-0.1, -0.05) is 66.7 Å². The van der Waals surface area contributed by atoms with Crippen LogP contribution in [0.2, 0.25) is 0 Å². The molecule has 11 heteroatoms. The summed E-state index contributed by atoms with van der Waals surface area (Å²) in [5.74, 6) is -0.776. The Balaban J connectivity index is 1.35. The first-order valence-corrected chi connectivity index (χ1v) is 17.3. The maximum Gasteiger partial charge on any atom is 0.408 e. The number of nitrogens with zero attached hydrogens (tertiary/aromatic N) is 3. The van der Waals surface area contributed by atoms with E-state index < -0.39 is 41.1 Å². The predicted octanol–water partition coefficient (Wildman–Crippen LogP) is 6.00. The molecule has 1 aliphatic heterocycles. The lowest BCUT2D eigenvalue weighted by molar-refractivity contribution is -0.132. The SMILES string of the molecule is CC(C)(C)OC(=O)NC(C)(C)C(=O)NC(CCCc1ccccc1)C(=O)Nc1cn(C(C(=O)N2CCCC2)c2ccc3ccccc3c2)cn1. The maximum atomic E-state index is 13.9. The van der Waals surface area contributed by atoms with E-state index in [4.69, 9.17) is 4.74 Å². The number of likely N-dealkylation sites (tertiary alicyclic amines) is 1. The number of aromatic nitrogens is 2. The minimum Gasteiger partial charge on any atom is -0.444 e. The first-order chi connectivity index (χ1) is 23.8. The molecule has 264 valence electrons. The van der Waals surface area contributed by atoms with Crippen LogP contribution < -0.4 is 16.0 Å². The topological polar surface area (TPSA) is 135 Å². The highest BCUT2D eigenvalue weighted by molar-refractivity contribution is 5.98. The molecule has 50 heavy (non-hydrogen) atoms. The van der Waals surface area contributed by atoms with Crippen molar-refractivity contribution in [1.29, 1.82) is 0 Å². The van der Waals surface area contributed by atoms with Gasteiger partial charge in [0.2, 0.25) is 17.7 Å². The molecule has 4 amide bonds. The lowest BCUT2D eigenvalue weighted by atomic mass is 10.0. The molecule has 0 saturated carbocycles. The Kier molecular flexibility index (Phi) is 11.2. The fourth-order valence-electron chi connectivity index (χ4n) is 6.06. The van der Waals surface area contributed by atoms with Gasteiger partial charge in [-0.25, -0.2) is 9.78 Å². The molecule has 1 aromatic heterocycles. The summed E-state index contributed by atoms with van der Waals surface area (Å²) in [5.41, 5.74) is -0.176. The lowest BCUT2D eigenvalue weighted by Crippen LogP contribution is -2.58. The van der Waals surface area contributed by atoms with Crippen molar-refractivity contribution >= 4 is 40.4 Å². The van der Waals surface area contributed by atoms with Crippen molar-refractivity contribution in [3.8, 4) is 0 Å². The zero-order valence-electron chi connectivity index (χ0n) is 29.6. The van der Waals surface area contributed by atoms with Gasteiger partial charge in [0.25, 0.3) is 0 Å². The predicted molar refractivity (Wildman–Crippen MR) is 194 cm³/mol. The standard InChI is InChI=1S/C39H48N6O5/c1-38(2,3)50-37(49)43-39(4,5)36(48)41-31(19-13-16-27-14-7-6-8-15-27)34(46)42-32-25-45(26-40-32)33(35(47)44-22-11-12-23-44)30-21-20-28-17-9-10-18-29(28)24-30/h6-10,14-15,17-18,20-21,24-26,31,33H,11-13,16,19,22-23H2,1-5H3,(H,41,48)(H,42,46)(H,43,49). The van der Waals surface area contributed by atoms with E-state index in [0.717, 1.165) is 34.7 Å². The fourth-order valence-corrected chi connectivity index (χ4v) is 6.06. The number of imidazole rings is 1. The first kappa shape index (κ1) is 36.1. The molecule has 4 aromatic rings. The fraction of sp³-hybridized carbons (Fsp3) is 0.410. The summed E-state index contributed by atoms with van der Waals surface area (Å²) in [6.07, 6.45) is 6.06. The number of amides is 4. The molecule has 1 saturated heterocycles. The van der Waals surface area contributed by atoms with Crippen molar-refractivity contribution in [3.63, 3.8) is 0 Å². The number of hydrogen-bond acceptors (Lipinski definition) is 6. The summed E-state index contributed by atoms with van der Waals surface area (Å²) in [7, 11) is 0. The van der Waals surface area contributed by atoms with Crippen molar-refractivity contribution in [2.45, 2.75) is 89.9 Å². The molecular formula is C39H48N6O5. The second-order valence-corrected chi connectivity index (χ2v) is 14.4. The molecule has 3 N–H and O–H groups in total. The lowest BCUT2D eigenvalue weighted by Gasteiger charge is -2.29. The van der Waals surface area contributed by atoms with Crippen LogP contribution in [0.5, 0.6) is 0 Å². The van der Waals surface area contributed by atoms with Gasteiger partial charge in [0.1, 0.15) is 23.2 Å². The van der Waals surface area contributed by atoms with E-state index >= 15 is 0 Å². The number of carbonyl (C=O) groups is 4. The highest BCUT2D eigenvalue weighted by atomic mass is 16.6. The summed E-state index contributed by atoms with van der Waals surface area (Å²) in [4.78, 5) is 60.1. The Labute approximate surface area is 293 Å². The van der Waals surface area contributed by atoms with Gasteiger partial charge in [-0.05, 0) is 94.7 Å². The Hall–Kier alpha value is -5.19. The molecule has 0 spiro atoms. The van der Waals surface area contributed by atoms with Crippen LogP contribution in [0, 0.1) is 0 Å². The second kappa shape index (κ2) is 15.6. The van der Waals surface area contributed by atoms with Crippen molar-refractivity contribution in [3.05, 3.63) is 96.4 Å². The van der Waals surface area contributed by atoms with Gasteiger partial charge in [-0.15, -0.1) is 0 Å². The molecule has 0 radical (unpaired) electrons. The van der Waals surface area contributed by atoms with Gasteiger partial charge < -0.3 is 30.2 Å². The molecule has 5 rings (SSSR count). The number of rotatable bonds is 12. The third kappa shape index (κ3) is 9.49. The second-order valence-electron chi connectivity index (χ2n) is 14.4. The van der Waals surface area contributed by atoms with Crippen molar-refractivity contribution in [1.82, 2.24) is 25.1 Å². The number of nitrogens with one attached hydrogen (secondary N) is 3. The van der Waals surface area contributed by atoms with Crippen LogP contribution in [-0.2, 0) is 25.5 Å². The number of anilines is 1. The smallest absolute Gasteiger partial charge is 0.408 e. The summed E-state index contributed by atoms with van der Waals surface area (Å²) in [6.45, 7) is 9.71. The molecule has 0 bridgehead atoms. The molecule has 11 nitrogen and oxygen atoms in total. The Morgan fingerprint density at radius 2 is 1.56 bits per heavy atom. The number of hydrogen-bond donors (Lipinski definition) is 3. The quantitative estimate of drug-likeness (QED) is 0.168. The first-order valence-electron chi connectivity index (χ1n) is 17.3. The molecule has 1 aliphatic rings. The number of alkyl carbamates (subject to hydrolysis) is 1. The molecule has 2 atom stereocenters. The van der Waals surface area contributed by atoms with Crippen LogP contribution in [0.4, 0.5) is 10.6 Å². The number of benzene rings is 3. The van der Waals surface area contributed by atoms with E-state index in [-0.39, 0.29) is 11.7 Å². The number of fused-ring (bicyclic) bond motifs is 1. The summed E-state index contributed by atoms with van der Waals surface area (Å²) >= 11 is 0. The number of carbonyl (C=O) groups excluding carboxylic acids is 4. The molecular weight excluding hydrogens is 632 g/mol. The molecule has 2 heterocycles. The van der Waals surface area contributed by atoms with E-state index in [2.05, 4.69) is 20.9 Å². The van der Waals surface area contributed by atoms with Crippen LogP contribution in [0.15, 0.2) is 85.3 Å². The zero-order valence-corrected chi connectivity index (χ0v) is 29.6. The number of aryl methyl sites for hydroxylation is 1. The Morgan fingerprint density at radius 3 is 2.26 bits per heavy atom. The number of ether oxygens (including phenoxy) is 1. The van der Waals surface area contributed by atoms with Crippen molar-refractivity contribution in [2.24, 2.45) is 0 Å². The van der Waals surface area contributed by atoms with Gasteiger partial charge in [0.05, 0.1) is 6.33 Å². The summed E-state index contributed by atoms with van der Waals surface area (Å²) in [6, 6.07) is 22.3. The van der Waals surface area contributed by atoms with E-state index in [1.165, 1.54) is 0 Å².